The number of halogens is 1. The Morgan fingerprint density at radius 2 is 1.87 bits per heavy atom. The summed E-state index contributed by atoms with van der Waals surface area (Å²) in [5.41, 5.74) is 3.73. The third-order valence-corrected chi connectivity index (χ3v) is 3.72. The van der Waals surface area contributed by atoms with Crippen LogP contribution in [0.15, 0.2) is 42.5 Å². The number of carbonyl (C=O) groups excluding carboxylic acids is 1. The molecule has 0 saturated carbocycles. The van der Waals surface area contributed by atoms with Gasteiger partial charge in [-0.3, -0.25) is 4.79 Å². The van der Waals surface area contributed by atoms with E-state index in [2.05, 4.69) is 10.6 Å². The van der Waals surface area contributed by atoms with Crippen molar-refractivity contribution in [1.82, 2.24) is 5.32 Å². The van der Waals surface area contributed by atoms with E-state index in [0.717, 1.165) is 16.8 Å². The summed E-state index contributed by atoms with van der Waals surface area (Å²) in [7, 11) is 0. The summed E-state index contributed by atoms with van der Waals surface area (Å²) in [4.78, 5) is 12.0. The summed E-state index contributed by atoms with van der Waals surface area (Å²) < 4.78 is 13.4. The predicted octanol–water partition coefficient (Wildman–Crippen LogP) is 3.60. The highest BCUT2D eigenvalue weighted by atomic mass is 19.1. The van der Waals surface area contributed by atoms with Crippen molar-refractivity contribution in [1.29, 1.82) is 0 Å². The molecule has 0 fully saturated rings. The molecule has 1 amide bonds. The normalized spacial score (nSPS) is 10.6. The molecule has 0 aromatic heterocycles. The molecule has 4 heteroatoms. The van der Waals surface area contributed by atoms with Crippen molar-refractivity contribution in [2.24, 2.45) is 0 Å². The van der Waals surface area contributed by atoms with Gasteiger partial charge in [0.15, 0.2) is 0 Å². The van der Waals surface area contributed by atoms with Crippen molar-refractivity contribution in [2.45, 2.75) is 26.7 Å². The van der Waals surface area contributed by atoms with Crippen molar-refractivity contribution in [3.63, 3.8) is 0 Å². The van der Waals surface area contributed by atoms with Crippen LogP contribution in [-0.2, 0) is 11.2 Å². The molecule has 3 nitrogen and oxygen atoms in total. The molecule has 2 N–H and O–H groups in total. The summed E-state index contributed by atoms with van der Waals surface area (Å²) >= 11 is 0. The first kappa shape index (κ1) is 17.2. The van der Waals surface area contributed by atoms with Gasteiger partial charge in [0, 0.05) is 18.7 Å². The van der Waals surface area contributed by atoms with E-state index < -0.39 is 0 Å². The Kier molecular flexibility index (Phi) is 6.29. The van der Waals surface area contributed by atoms with E-state index in [9.17, 15) is 9.18 Å². The Hall–Kier alpha value is -2.20. The van der Waals surface area contributed by atoms with Crippen LogP contribution in [0.25, 0.3) is 0 Å². The van der Waals surface area contributed by atoms with Crippen LogP contribution < -0.4 is 10.6 Å². The first-order chi connectivity index (χ1) is 11.1. The van der Waals surface area contributed by atoms with Crippen LogP contribution in [0, 0.1) is 19.7 Å². The summed E-state index contributed by atoms with van der Waals surface area (Å²) in [6, 6.07) is 12.8. The minimum Gasteiger partial charge on any atom is -0.326 e. The molecule has 23 heavy (non-hydrogen) atoms. The molecule has 0 aliphatic rings. The predicted molar refractivity (Wildman–Crippen MR) is 92.1 cm³/mol. The van der Waals surface area contributed by atoms with Crippen LogP contribution >= 0.6 is 0 Å². The van der Waals surface area contributed by atoms with E-state index in [4.69, 9.17) is 0 Å². The molecular formula is C19H23FN2O. The Morgan fingerprint density at radius 3 is 2.65 bits per heavy atom. The Balaban J connectivity index is 1.69. The molecule has 2 aromatic rings. The van der Waals surface area contributed by atoms with Crippen LogP contribution in [0.4, 0.5) is 10.1 Å². The van der Waals surface area contributed by atoms with Crippen LogP contribution in [-0.4, -0.2) is 19.0 Å². The van der Waals surface area contributed by atoms with Crippen LogP contribution in [0.1, 0.15) is 23.1 Å². The van der Waals surface area contributed by atoms with Gasteiger partial charge in [-0.2, -0.15) is 0 Å². The maximum atomic E-state index is 13.4. The maximum Gasteiger partial charge on any atom is 0.225 e. The smallest absolute Gasteiger partial charge is 0.225 e. The molecule has 0 radical (unpaired) electrons. The number of rotatable bonds is 7. The lowest BCUT2D eigenvalue weighted by atomic mass is 10.1. The Bertz CT molecular complexity index is 670. The monoisotopic (exact) mass is 314 g/mol. The second kappa shape index (κ2) is 8.44. The number of anilines is 1. The molecule has 0 bridgehead atoms. The molecular weight excluding hydrogens is 291 g/mol. The topological polar surface area (TPSA) is 41.1 Å². The highest BCUT2D eigenvalue weighted by molar-refractivity contribution is 5.91. The average Bonchev–Trinajstić information content (AvgIpc) is 2.52. The number of aryl methyl sites for hydroxylation is 2. The average molecular weight is 314 g/mol. The lowest BCUT2D eigenvalue weighted by Crippen LogP contribution is -2.24. The highest BCUT2D eigenvalue weighted by Gasteiger charge is 2.05. The summed E-state index contributed by atoms with van der Waals surface area (Å²) in [5, 5.41) is 6.11. The number of amides is 1. The molecule has 0 heterocycles. The summed E-state index contributed by atoms with van der Waals surface area (Å²) in [6.07, 6.45) is 1.01. The van der Waals surface area contributed by atoms with E-state index in [1.165, 1.54) is 6.07 Å². The van der Waals surface area contributed by atoms with Gasteiger partial charge < -0.3 is 10.6 Å². The largest absolute Gasteiger partial charge is 0.326 e. The van der Waals surface area contributed by atoms with E-state index in [0.29, 0.717) is 31.5 Å². The fourth-order valence-electron chi connectivity index (χ4n) is 2.33. The van der Waals surface area contributed by atoms with Crippen molar-refractivity contribution in [2.75, 3.05) is 18.4 Å². The molecule has 2 aromatic carbocycles. The Morgan fingerprint density at radius 1 is 1.09 bits per heavy atom. The molecule has 122 valence electrons. The van der Waals surface area contributed by atoms with Gasteiger partial charge in [-0.25, -0.2) is 4.39 Å². The van der Waals surface area contributed by atoms with Gasteiger partial charge in [0.25, 0.3) is 0 Å². The first-order valence-corrected chi connectivity index (χ1v) is 7.87. The molecule has 0 unspecified atom stereocenters. The van der Waals surface area contributed by atoms with Crippen molar-refractivity contribution in [3.8, 4) is 0 Å². The van der Waals surface area contributed by atoms with Gasteiger partial charge >= 0.3 is 0 Å². The molecule has 0 saturated heterocycles. The number of carbonyl (C=O) groups is 1. The van der Waals surface area contributed by atoms with E-state index in [1.807, 2.05) is 38.1 Å². The third kappa shape index (κ3) is 5.49. The molecule has 2 rings (SSSR count). The zero-order valence-corrected chi connectivity index (χ0v) is 13.7. The minimum absolute atomic E-state index is 0.0166. The lowest BCUT2D eigenvalue weighted by molar-refractivity contribution is -0.116. The Labute approximate surface area is 136 Å². The number of hydrogen-bond acceptors (Lipinski definition) is 2. The molecule has 0 aliphatic carbocycles. The maximum absolute atomic E-state index is 13.4. The van der Waals surface area contributed by atoms with Gasteiger partial charge in [0.2, 0.25) is 5.91 Å². The van der Waals surface area contributed by atoms with Crippen LogP contribution in [0.3, 0.4) is 0 Å². The second-order valence-corrected chi connectivity index (χ2v) is 5.71. The second-order valence-electron chi connectivity index (χ2n) is 5.71. The zero-order chi connectivity index (χ0) is 16.7. The van der Waals surface area contributed by atoms with Gasteiger partial charge in [-0.15, -0.1) is 0 Å². The van der Waals surface area contributed by atoms with Gasteiger partial charge in [0.05, 0.1) is 0 Å². The van der Waals surface area contributed by atoms with Crippen molar-refractivity contribution >= 4 is 11.6 Å². The van der Waals surface area contributed by atoms with Crippen LogP contribution in [0.5, 0.6) is 0 Å². The first-order valence-electron chi connectivity index (χ1n) is 7.87. The quantitative estimate of drug-likeness (QED) is 0.767. The lowest BCUT2D eigenvalue weighted by Gasteiger charge is -2.10. The fraction of sp³-hybridized carbons (Fsp3) is 0.316. The third-order valence-electron chi connectivity index (χ3n) is 3.72. The van der Waals surface area contributed by atoms with E-state index in [-0.39, 0.29) is 11.7 Å². The van der Waals surface area contributed by atoms with Gasteiger partial charge in [-0.05, 0) is 55.6 Å². The van der Waals surface area contributed by atoms with Gasteiger partial charge in [0.1, 0.15) is 5.82 Å². The number of nitrogens with one attached hydrogen (secondary N) is 2. The standard InChI is InChI=1S/C19H23FN2O/c1-14-7-8-15(2)18(13-14)22-19(23)10-12-21-11-9-16-5-3-4-6-17(16)20/h3-8,13,21H,9-12H2,1-2H3,(H,22,23). The molecule has 0 spiro atoms. The minimum atomic E-state index is -0.179. The van der Waals surface area contributed by atoms with Crippen molar-refractivity contribution < 1.29 is 9.18 Å². The van der Waals surface area contributed by atoms with Gasteiger partial charge in [-0.1, -0.05) is 30.3 Å². The fourth-order valence-corrected chi connectivity index (χ4v) is 2.33. The SMILES string of the molecule is Cc1ccc(C)c(NC(=O)CCNCCc2ccccc2F)c1. The highest BCUT2D eigenvalue weighted by Crippen LogP contribution is 2.16. The van der Waals surface area contributed by atoms with E-state index >= 15 is 0 Å². The summed E-state index contributed by atoms with van der Waals surface area (Å²) in [6.45, 7) is 5.20. The zero-order valence-electron chi connectivity index (χ0n) is 13.7. The molecule has 0 atom stereocenters. The van der Waals surface area contributed by atoms with E-state index in [1.54, 1.807) is 12.1 Å². The number of benzene rings is 2. The molecule has 0 aliphatic heterocycles. The number of hydrogen-bond donors (Lipinski definition) is 2. The van der Waals surface area contributed by atoms with Crippen LogP contribution in [0.2, 0.25) is 0 Å². The van der Waals surface area contributed by atoms with Crippen molar-refractivity contribution in [3.05, 3.63) is 65.0 Å². The summed E-state index contributed by atoms with van der Waals surface area (Å²) in [5.74, 6) is -0.195.